The second-order valence-electron chi connectivity index (χ2n) is 3.83. The number of ether oxygens (including phenoxy) is 4. The van der Waals surface area contributed by atoms with Gasteiger partial charge in [-0.15, -0.1) is 0 Å². The molecule has 2 rings (SSSR count). The predicted octanol–water partition coefficient (Wildman–Crippen LogP) is 2.13. The molecule has 4 heteroatoms. The van der Waals surface area contributed by atoms with Crippen LogP contribution in [0.25, 0.3) is 6.08 Å². The van der Waals surface area contributed by atoms with Crippen LogP contribution in [-0.2, 0) is 9.47 Å². The number of benzene rings is 1. The molecule has 1 aromatic rings. The summed E-state index contributed by atoms with van der Waals surface area (Å²) in [6.07, 6.45) is 1.78. The van der Waals surface area contributed by atoms with E-state index in [0.29, 0.717) is 39.6 Å². The fourth-order valence-corrected chi connectivity index (χ4v) is 1.63. The first-order valence-electron chi connectivity index (χ1n) is 6.08. The van der Waals surface area contributed by atoms with E-state index in [1.807, 2.05) is 18.2 Å². The van der Waals surface area contributed by atoms with Crippen LogP contribution in [0, 0.1) is 0 Å². The molecule has 98 valence electrons. The first kappa shape index (κ1) is 12.9. The molecular weight excluding hydrogens is 232 g/mol. The molecule has 0 aliphatic carbocycles. The number of hydrogen-bond acceptors (Lipinski definition) is 4. The second kappa shape index (κ2) is 7.03. The van der Waals surface area contributed by atoms with Crippen LogP contribution in [0.4, 0.5) is 0 Å². The standard InChI is InChI=1S/C14H18O4/c1-2-12-3-4-13-14(11-12)18-10-8-16-6-5-15-7-9-17-13/h2-4,11H,1,5-10H2. The third-order valence-electron chi connectivity index (χ3n) is 2.55. The van der Waals surface area contributed by atoms with Crippen molar-refractivity contribution in [2.24, 2.45) is 0 Å². The van der Waals surface area contributed by atoms with Gasteiger partial charge in [0, 0.05) is 0 Å². The van der Waals surface area contributed by atoms with Crippen LogP contribution in [0.2, 0.25) is 0 Å². The minimum absolute atomic E-state index is 0.497. The van der Waals surface area contributed by atoms with Gasteiger partial charge in [-0.25, -0.2) is 0 Å². The van der Waals surface area contributed by atoms with Gasteiger partial charge in [0.05, 0.1) is 26.4 Å². The molecule has 0 saturated heterocycles. The van der Waals surface area contributed by atoms with Crippen molar-refractivity contribution in [1.82, 2.24) is 0 Å². The Morgan fingerprint density at radius 2 is 1.44 bits per heavy atom. The third-order valence-corrected chi connectivity index (χ3v) is 2.55. The van der Waals surface area contributed by atoms with E-state index < -0.39 is 0 Å². The average molecular weight is 250 g/mol. The predicted molar refractivity (Wildman–Crippen MR) is 69.2 cm³/mol. The molecular formula is C14H18O4. The second-order valence-corrected chi connectivity index (χ2v) is 3.83. The van der Waals surface area contributed by atoms with E-state index in [2.05, 4.69) is 6.58 Å². The first-order valence-corrected chi connectivity index (χ1v) is 6.08. The normalized spacial score (nSPS) is 17.3. The molecule has 0 unspecified atom stereocenters. The van der Waals surface area contributed by atoms with E-state index in [-0.39, 0.29) is 0 Å². The Kier molecular flexibility index (Phi) is 5.05. The van der Waals surface area contributed by atoms with Crippen LogP contribution in [0.5, 0.6) is 11.5 Å². The van der Waals surface area contributed by atoms with E-state index >= 15 is 0 Å². The zero-order valence-electron chi connectivity index (χ0n) is 10.4. The average Bonchev–Trinajstić information content (AvgIpc) is 2.39. The van der Waals surface area contributed by atoms with Crippen LogP contribution < -0.4 is 9.47 Å². The van der Waals surface area contributed by atoms with Crippen LogP contribution in [-0.4, -0.2) is 39.6 Å². The zero-order chi connectivity index (χ0) is 12.6. The molecule has 0 aromatic heterocycles. The van der Waals surface area contributed by atoms with E-state index in [9.17, 15) is 0 Å². The van der Waals surface area contributed by atoms with Gasteiger partial charge in [-0.3, -0.25) is 0 Å². The molecule has 0 radical (unpaired) electrons. The maximum Gasteiger partial charge on any atom is 0.161 e. The summed E-state index contributed by atoms with van der Waals surface area (Å²) in [5.41, 5.74) is 1.00. The zero-order valence-corrected chi connectivity index (χ0v) is 10.4. The van der Waals surface area contributed by atoms with Crippen LogP contribution >= 0.6 is 0 Å². The summed E-state index contributed by atoms with van der Waals surface area (Å²) in [5, 5.41) is 0. The molecule has 1 heterocycles. The van der Waals surface area contributed by atoms with Crippen molar-refractivity contribution in [2.75, 3.05) is 39.6 Å². The highest BCUT2D eigenvalue weighted by atomic mass is 16.6. The van der Waals surface area contributed by atoms with Crippen molar-refractivity contribution in [3.05, 3.63) is 30.3 Å². The lowest BCUT2D eigenvalue weighted by molar-refractivity contribution is 0.0223. The molecule has 18 heavy (non-hydrogen) atoms. The lowest BCUT2D eigenvalue weighted by Crippen LogP contribution is -2.15. The lowest BCUT2D eigenvalue weighted by atomic mass is 10.2. The summed E-state index contributed by atoms with van der Waals surface area (Å²) in [7, 11) is 0. The fraction of sp³-hybridized carbons (Fsp3) is 0.429. The molecule has 0 bridgehead atoms. The highest BCUT2D eigenvalue weighted by molar-refractivity contribution is 5.54. The summed E-state index contributed by atoms with van der Waals surface area (Å²) in [6.45, 7) is 7.01. The molecule has 1 aliphatic rings. The molecule has 0 atom stereocenters. The van der Waals surface area contributed by atoms with Gasteiger partial charge in [0.25, 0.3) is 0 Å². The number of fused-ring (bicyclic) bond motifs is 1. The molecule has 1 aromatic carbocycles. The van der Waals surface area contributed by atoms with Crippen LogP contribution in [0.1, 0.15) is 5.56 Å². The Morgan fingerprint density at radius 1 is 0.833 bits per heavy atom. The van der Waals surface area contributed by atoms with Crippen molar-refractivity contribution < 1.29 is 18.9 Å². The minimum atomic E-state index is 0.497. The van der Waals surface area contributed by atoms with E-state index in [1.54, 1.807) is 6.08 Å². The number of rotatable bonds is 1. The summed E-state index contributed by atoms with van der Waals surface area (Å²) < 4.78 is 22.0. The molecule has 0 saturated carbocycles. The van der Waals surface area contributed by atoms with Crippen molar-refractivity contribution in [3.8, 4) is 11.5 Å². The maximum atomic E-state index is 5.66. The monoisotopic (exact) mass is 250 g/mol. The lowest BCUT2D eigenvalue weighted by Gasteiger charge is -2.15. The maximum absolute atomic E-state index is 5.66. The van der Waals surface area contributed by atoms with Crippen molar-refractivity contribution in [2.45, 2.75) is 0 Å². The minimum Gasteiger partial charge on any atom is -0.487 e. The Balaban J connectivity index is 2.09. The van der Waals surface area contributed by atoms with Crippen LogP contribution in [0.15, 0.2) is 24.8 Å². The van der Waals surface area contributed by atoms with Gasteiger partial charge >= 0.3 is 0 Å². The Hall–Kier alpha value is -1.52. The SMILES string of the molecule is C=Cc1ccc2c(c1)OCCOCCOCCO2. The summed E-state index contributed by atoms with van der Waals surface area (Å²) in [5.74, 6) is 1.45. The van der Waals surface area contributed by atoms with Gasteiger partial charge in [-0.2, -0.15) is 0 Å². The Labute approximate surface area is 107 Å². The largest absolute Gasteiger partial charge is 0.487 e. The fourth-order valence-electron chi connectivity index (χ4n) is 1.63. The molecule has 4 nitrogen and oxygen atoms in total. The molecule has 1 aliphatic heterocycles. The van der Waals surface area contributed by atoms with Gasteiger partial charge in [0.1, 0.15) is 13.2 Å². The van der Waals surface area contributed by atoms with Gasteiger partial charge < -0.3 is 18.9 Å². The smallest absolute Gasteiger partial charge is 0.161 e. The summed E-state index contributed by atoms with van der Waals surface area (Å²) in [4.78, 5) is 0. The molecule has 0 spiro atoms. The quantitative estimate of drug-likeness (QED) is 0.765. The highest BCUT2D eigenvalue weighted by Crippen LogP contribution is 2.28. The van der Waals surface area contributed by atoms with Crippen molar-refractivity contribution >= 4 is 6.08 Å². The highest BCUT2D eigenvalue weighted by Gasteiger charge is 2.07. The van der Waals surface area contributed by atoms with Gasteiger partial charge in [0.15, 0.2) is 11.5 Å². The van der Waals surface area contributed by atoms with E-state index in [1.165, 1.54) is 0 Å². The van der Waals surface area contributed by atoms with E-state index in [0.717, 1.165) is 17.1 Å². The molecule has 0 N–H and O–H groups in total. The number of hydrogen-bond donors (Lipinski definition) is 0. The third kappa shape index (κ3) is 3.75. The van der Waals surface area contributed by atoms with Gasteiger partial charge in [0.2, 0.25) is 0 Å². The van der Waals surface area contributed by atoms with Crippen molar-refractivity contribution in [1.29, 1.82) is 0 Å². The van der Waals surface area contributed by atoms with Crippen molar-refractivity contribution in [3.63, 3.8) is 0 Å². The molecule has 0 fully saturated rings. The summed E-state index contributed by atoms with van der Waals surface area (Å²) in [6, 6.07) is 5.74. The Morgan fingerprint density at radius 3 is 2.11 bits per heavy atom. The Bertz CT molecular complexity index is 389. The van der Waals surface area contributed by atoms with Crippen LogP contribution in [0.3, 0.4) is 0 Å². The van der Waals surface area contributed by atoms with E-state index in [4.69, 9.17) is 18.9 Å². The first-order chi connectivity index (χ1) is 8.90. The van der Waals surface area contributed by atoms with Gasteiger partial charge in [-0.05, 0) is 17.7 Å². The molecule has 0 amide bonds. The topological polar surface area (TPSA) is 36.9 Å². The van der Waals surface area contributed by atoms with Gasteiger partial charge in [-0.1, -0.05) is 18.7 Å². The summed E-state index contributed by atoms with van der Waals surface area (Å²) >= 11 is 0.